The van der Waals surface area contributed by atoms with Gasteiger partial charge in [-0.05, 0) is 18.2 Å². The Kier molecular flexibility index (Phi) is 3.79. The van der Waals surface area contributed by atoms with E-state index in [-0.39, 0.29) is 11.0 Å². The maximum atomic E-state index is 10.6. The highest BCUT2D eigenvalue weighted by Crippen LogP contribution is 2.23. The third kappa shape index (κ3) is 2.91. The summed E-state index contributed by atoms with van der Waals surface area (Å²) in [4.78, 5) is 9.67. The first-order valence-corrected chi connectivity index (χ1v) is 4.80. The van der Waals surface area contributed by atoms with Crippen molar-refractivity contribution in [2.45, 2.75) is 4.90 Å². The van der Waals surface area contributed by atoms with Crippen molar-refractivity contribution in [3.8, 4) is 5.75 Å². The molecule has 8 heteroatoms. The van der Waals surface area contributed by atoms with Gasteiger partial charge in [0.2, 0.25) is 0 Å². The van der Waals surface area contributed by atoms with Crippen LogP contribution in [0.3, 0.4) is 0 Å². The fourth-order valence-corrected chi connectivity index (χ4v) is 1.43. The van der Waals surface area contributed by atoms with Crippen LogP contribution in [0.1, 0.15) is 10.4 Å². The second-order valence-corrected chi connectivity index (χ2v) is 3.85. The van der Waals surface area contributed by atoms with Gasteiger partial charge in [-0.1, -0.05) is 0 Å². The lowest BCUT2D eigenvalue weighted by Crippen LogP contribution is -2.01. The molecule has 0 radical (unpaired) electrons. The minimum atomic E-state index is -4.52. The Balaban J connectivity index is 0.00000196. The van der Waals surface area contributed by atoms with Gasteiger partial charge in [0.1, 0.15) is 10.6 Å². The van der Waals surface area contributed by atoms with Gasteiger partial charge in [-0.3, -0.25) is 4.55 Å². The van der Waals surface area contributed by atoms with E-state index >= 15 is 0 Å². The molecule has 0 spiro atoms. The topological polar surface area (TPSA) is 143 Å². The van der Waals surface area contributed by atoms with E-state index in [0.29, 0.717) is 0 Å². The molecule has 0 amide bonds. The van der Waals surface area contributed by atoms with E-state index in [1.165, 1.54) is 0 Å². The van der Waals surface area contributed by atoms with Gasteiger partial charge < -0.3 is 15.7 Å². The molecule has 1 aromatic carbocycles. The lowest BCUT2D eigenvalue weighted by atomic mass is 10.2. The van der Waals surface area contributed by atoms with Crippen LogP contribution in [0, 0.1) is 0 Å². The van der Waals surface area contributed by atoms with E-state index in [1.807, 2.05) is 0 Å². The van der Waals surface area contributed by atoms with Gasteiger partial charge in [0.25, 0.3) is 10.1 Å². The van der Waals surface area contributed by atoms with Crippen LogP contribution >= 0.6 is 0 Å². The number of carbonyl (C=O) groups is 1. The molecular formula is C7H8O7S. The van der Waals surface area contributed by atoms with Crippen LogP contribution in [-0.2, 0) is 10.1 Å². The summed E-state index contributed by atoms with van der Waals surface area (Å²) in [6.45, 7) is 0. The van der Waals surface area contributed by atoms with Crippen LogP contribution in [0.25, 0.3) is 0 Å². The number of carboxylic acids is 1. The Labute approximate surface area is 84.7 Å². The van der Waals surface area contributed by atoms with Crippen LogP contribution in [0.4, 0.5) is 0 Å². The number of rotatable bonds is 2. The quantitative estimate of drug-likeness (QED) is 0.591. The van der Waals surface area contributed by atoms with Crippen LogP contribution in [-0.4, -0.2) is 34.6 Å². The van der Waals surface area contributed by atoms with Crippen molar-refractivity contribution in [1.82, 2.24) is 0 Å². The first kappa shape index (κ1) is 13.4. The normalized spacial score (nSPS) is 10.5. The Bertz CT molecular complexity index is 476. The number of aromatic hydroxyl groups is 1. The molecular weight excluding hydrogens is 228 g/mol. The minimum Gasteiger partial charge on any atom is -0.506 e. The summed E-state index contributed by atoms with van der Waals surface area (Å²) in [7, 11) is -4.52. The zero-order chi connectivity index (χ0) is 10.9. The van der Waals surface area contributed by atoms with E-state index in [2.05, 4.69) is 0 Å². The Morgan fingerprint density at radius 3 is 2.13 bits per heavy atom. The van der Waals surface area contributed by atoms with Crippen molar-refractivity contribution in [2.75, 3.05) is 0 Å². The van der Waals surface area contributed by atoms with Crippen LogP contribution in [0.2, 0.25) is 0 Å². The molecule has 0 fully saturated rings. The van der Waals surface area contributed by atoms with Crippen molar-refractivity contribution >= 4 is 16.1 Å². The number of carboxylic acid groups (broad SMARTS) is 1. The molecule has 0 aliphatic rings. The van der Waals surface area contributed by atoms with Gasteiger partial charge in [-0.25, -0.2) is 4.79 Å². The number of aromatic carboxylic acids is 1. The molecule has 0 aliphatic carbocycles. The van der Waals surface area contributed by atoms with E-state index in [1.54, 1.807) is 0 Å². The summed E-state index contributed by atoms with van der Waals surface area (Å²) in [6, 6.07) is 2.52. The molecule has 0 heterocycles. The average Bonchev–Trinajstić information content (AvgIpc) is 2.01. The van der Waals surface area contributed by atoms with Gasteiger partial charge in [0.05, 0.1) is 5.56 Å². The fraction of sp³-hybridized carbons (Fsp3) is 0. The number of hydrogen-bond donors (Lipinski definition) is 3. The third-order valence-electron chi connectivity index (χ3n) is 1.48. The van der Waals surface area contributed by atoms with Crippen LogP contribution < -0.4 is 0 Å². The molecule has 0 saturated carbocycles. The molecule has 0 unspecified atom stereocenters. The summed E-state index contributed by atoms with van der Waals surface area (Å²) in [5.74, 6) is -2.10. The van der Waals surface area contributed by atoms with Gasteiger partial charge >= 0.3 is 5.97 Å². The zero-order valence-corrected chi connectivity index (χ0v) is 8.02. The monoisotopic (exact) mass is 236 g/mol. The highest BCUT2D eigenvalue weighted by molar-refractivity contribution is 7.86. The summed E-state index contributed by atoms with van der Waals surface area (Å²) in [6.07, 6.45) is 0. The van der Waals surface area contributed by atoms with Gasteiger partial charge in [-0.2, -0.15) is 8.42 Å². The van der Waals surface area contributed by atoms with Crippen molar-refractivity contribution in [1.29, 1.82) is 0 Å². The first-order chi connectivity index (χ1) is 6.32. The van der Waals surface area contributed by atoms with E-state index in [9.17, 15) is 13.2 Å². The SMILES string of the molecule is O.O=C(O)c1ccc(S(=O)(=O)O)c(O)c1. The maximum absolute atomic E-state index is 10.6. The molecule has 7 nitrogen and oxygen atoms in total. The minimum absolute atomic E-state index is 0. The highest BCUT2D eigenvalue weighted by Gasteiger charge is 2.16. The first-order valence-electron chi connectivity index (χ1n) is 3.36. The van der Waals surface area contributed by atoms with E-state index in [4.69, 9.17) is 14.8 Å². The predicted octanol–water partition coefficient (Wildman–Crippen LogP) is -0.488. The van der Waals surface area contributed by atoms with E-state index < -0.39 is 26.7 Å². The number of benzene rings is 1. The predicted molar refractivity (Wildman–Crippen MR) is 48.5 cm³/mol. The third-order valence-corrected chi connectivity index (χ3v) is 2.38. The average molecular weight is 236 g/mol. The van der Waals surface area contributed by atoms with Gasteiger partial charge in [0, 0.05) is 0 Å². The van der Waals surface area contributed by atoms with E-state index in [0.717, 1.165) is 18.2 Å². The van der Waals surface area contributed by atoms with Crippen LogP contribution in [0.5, 0.6) is 5.75 Å². The molecule has 5 N–H and O–H groups in total. The van der Waals surface area contributed by atoms with Gasteiger partial charge in [0.15, 0.2) is 0 Å². The van der Waals surface area contributed by atoms with Crippen molar-refractivity contribution in [3.05, 3.63) is 23.8 Å². The zero-order valence-electron chi connectivity index (χ0n) is 7.21. The summed E-state index contributed by atoms with van der Waals surface area (Å²) in [5.41, 5.74) is -0.269. The van der Waals surface area contributed by atoms with Crippen molar-refractivity contribution in [2.24, 2.45) is 0 Å². The number of phenols is 1. The largest absolute Gasteiger partial charge is 0.506 e. The molecule has 84 valence electrons. The highest BCUT2D eigenvalue weighted by atomic mass is 32.2. The molecule has 0 bridgehead atoms. The second-order valence-electron chi connectivity index (χ2n) is 2.46. The molecule has 1 rings (SSSR count). The molecule has 1 aromatic rings. The summed E-state index contributed by atoms with van der Waals surface area (Å²) >= 11 is 0. The van der Waals surface area contributed by atoms with Crippen LogP contribution in [0.15, 0.2) is 23.1 Å². The Morgan fingerprint density at radius 2 is 1.80 bits per heavy atom. The second kappa shape index (κ2) is 4.26. The molecule has 0 atom stereocenters. The van der Waals surface area contributed by atoms with Crippen molar-refractivity contribution < 1.29 is 33.5 Å². The lowest BCUT2D eigenvalue weighted by molar-refractivity contribution is 0.0696. The standard InChI is InChI=1S/C7H6O6S.H2O/c8-5-3-4(7(9)10)1-2-6(5)14(11,12)13;/h1-3,8H,(H,9,10)(H,11,12,13);1H2. The Hall–Kier alpha value is -1.64. The molecule has 0 aromatic heterocycles. The fourth-order valence-electron chi connectivity index (χ4n) is 0.869. The lowest BCUT2D eigenvalue weighted by Gasteiger charge is -2.01. The number of phenolic OH excluding ortho intramolecular Hbond substituents is 1. The summed E-state index contributed by atoms with van der Waals surface area (Å²) < 4.78 is 29.7. The van der Waals surface area contributed by atoms with Crippen molar-refractivity contribution in [3.63, 3.8) is 0 Å². The number of hydrogen-bond acceptors (Lipinski definition) is 4. The Morgan fingerprint density at radius 1 is 1.27 bits per heavy atom. The molecule has 0 aliphatic heterocycles. The molecule has 0 saturated heterocycles. The summed E-state index contributed by atoms with van der Waals surface area (Å²) in [5, 5.41) is 17.6. The molecule has 15 heavy (non-hydrogen) atoms. The maximum Gasteiger partial charge on any atom is 0.335 e. The smallest absolute Gasteiger partial charge is 0.335 e. The van der Waals surface area contributed by atoms with Gasteiger partial charge in [-0.15, -0.1) is 0 Å².